The lowest BCUT2D eigenvalue weighted by molar-refractivity contribution is -0.718. The number of nitrogens with one attached hydrogen (secondary N) is 4. The highest BCUT2D eigenvalue weighted by Gasteiger charge is 2.41. The molecule has 58 heavy (non-hydrogen) atoms. The van der Waals surface area contributed by atoms with Gasteiger partial charge in [0, 0.05) is 65.8 Å². The number of ether oxygens (including phenoxy) is 3. The maximum Gasteiger partial charge on any atom is 0.354 e. The molecule has 0 saturated heterocycles. The van der Waals surface area contributed by atoms with Crippen LogP contribution in [-0.2, 0) is 17.6 Å². The molecule has 8 aromatic rings. The van der Waals surface area contributed by atoms with E-state index in [0.717, 1.165) is 72.9 Å². The quantitative estimate of drug-likeness (QED) is 0.0563. The molecule has 4 unspecified atom stereocenters. The predicted molar refractivity (Wildman–Crippen MR) is 221 cm³/mol. The van der Waals surface area contributed by atoms with Crippen LogP contribution in [0.1, 0.15) is 67.8 Å². The summed E-state index contributed by atoms with van der Waals surface area (Å²) in [5.74, 6) is 1.09. The first kappa shape index (κ1) is 37.5. The van der Waals surface area contributed by atoms with Crippen molar-refractivity contribution in [2.45, 2.75) is 48.5 Å². The number of carbonyl (C=O) groups is 3. The maximum atomic E-state index is 13.5. The van der Waals surface area contributed by atoms with Crippen LogP contribution in [0, 0.1) is 0 Å². The Labute approximate surface area is 342 Å². The molecule has 0 radical (unpaired) electrons. The van der Waals surface area contributed by atoms with Crippen molar-refractivity contribution < 1.29 is 37.7 Å². The third-order valence-electron chi connectivity index (χ3n) is 11.3. The minimum Gasteiger partial charge on any atom is -0.497 e. The van der Waals surface area contributed by atoms with Gasteiger partial charge in [0.05, 0.1) is 65.3 Å². The summed E-state index contributed by atoms with van der Waals surface area (Å²) < 4.78 is 19.4. The minimum atomic E-state index is -0.443. The van der Waals surface area contributed by atoms with Gasteiger partial charge in [-0.3, -0.25) is 9.59 Å². The van der Waals surface area contributed by atoms with Gasteiger partial charge < -0.3 is 34.1 Å². The van der Waals surface area contributed by atoms with Gasteiger partial charge in [-0.25, -0.2) is 4.79 Å². The number of rotatable bonds is 7. The number of carbonyl (C=O) groups excluding carboxylic acids is 3. The van der Waals surface area contributed by atoms with Crippen molar-refractivity contribution in [3.8, 4) is 11.5 Å². The van der Waals surface area contributed by atoms with Crippen molar-refractivity contribution in [3.05, 3.63) is 120 Å². The lowest BCUT2D eigenvalue weighted by Gasteiger charge is -2.22. The number of alkyl halides is 2. The van der Waals surface area contributed by atoms with Gasteiger partial charge in [-0.1, -0.05) is 0 Å². The Kier molecular flexibility index (Phi) is 9.69. The van der Waals surface area contributed by atoms with Gasteiger partial charge >= 0.3 is 5.97 Å². The highest BCUT2D eigenvalue weighted by molar-refractivity contribution is 6.21. The highest BCUT2D eigenvalue weighted by Crippen LogP contribution is 2.32. The maximum absolute atomic E-state index is 13.5. The van der Waals surface area contributed by atoms with Crippen LogP contribution in [0.5, 0.6) is 11.5 Å². The number of benzene rings is 2. The monoisotopic (exact) mass is 818 g/mol. The molecule has 0 amide bonds. The molecule has 2 aliphatic rings. The van der Waals surface area contributed by atoms with E-state index in [0.29, 0.717) is 36.3 Å². The first-order valence-corrected chi connectivity index (χ1v) is 19.8. The summed E-state index contributed by atoms with van der Waals surface area (Å²) in [7, 11) is 4.60. The largest absolute Gasteiger partial charge is 0.497 e. The zero-order valence-corrected chi connectivity index (χ0v) is 33.4. The molecule has 14 heteroatoms. The molecule has 2 aromatic carbocycles. The van der Waals surface area contributed by atoms with E-state index in [1.54, 1.807) is 20.3 Å². The molecule has 294 valence electrons. The van der Waals surface area contributed by atoms with Gasteiger partial charge in [0.15, 0.2) is 23.8 Å². The molecule has 4 N–H and O–H groups in total. The van der Waals surface area contributed by atoms with Crippen LogP contribution >= 0.6 is 23.2 Å². The molecule has 2 aliphatic heterocycles. The first-order valence-electron chi connectivity index (χ1n) is 19.0. The summed E-state index contributed by atoms with van der Waals surface area (Å²) in [6, 6.07) is 22.1. The van der Waals surface area contributed by atoms with E-state index in [4.69, 9.17) is 37.4 Å². The number of fused-ring (bicyclic) bond motifs is 8. The van der Waals surface area contributed by atoms with Crippen molar-refractivity contribution in [1.82, 2.24) is 19.9 Å². The van der Waals surface area contributed by atoms with Gasteiger partial charge in [-0.2, -0.15) is 9.13 Å². The van der Waals surface area contributed by atoms with Gasteiger partial charge in [0.1, 0.15) is 17.2 Å². The summed E-state index contributed by atoms with van der Waals surface area (Å²) in [5.41, 5.74) is 7.19. The van der Waals surface area contributed by atoms with E-state index in [2.05, 4.69) is 24.5 Å². The lowest BCUT2D eigenvalue weighted by atomic mass is 9.94. The van der Waals surface area contributed by atoms with Gasteiger partial charge in [0.25, 0.3) is 0 Å². The van der Waals surface area contributed by atoms with Crippen LogP contribution in [0.15, 0.2) is 91.4 Å². The lowest BCUT2D eigenvalue weighted by Crippen LogP contribution is -2.52. The SMILES string of the molecule is COC(=O)c1cc2c3[n+](ccc2[nH]1)C(C(=O)c1cc2cc(OC)ccc2[nH]1)CC(Cl)C3.COc1ccc2[nH]c(C(=O)C3CC(Cl)Cc4c5cc[nH]c5cc[n+]43)cc2c1. The standard InChI is InChI=1S/C23H20ClN3O4.C21H18ClN3O2/c1-30-14-3-4-16-12(7-14)8-18(25-16)22(28)21-10-13(24)9-20-15-11-19(23(29)31-2)26-17(15)5-6-27(20)21;1-27-14-2-3-16-12(8-14)9-18(24-16)21(26)20-11-13(22)10-19-15-4-6-23-17(15)5-7-25(19)20/h3-8,11,13,21H,9-10H2,1-2H3,(H,25,28);2-9,13,20H,10-11H2,1H3,(H,24,26)/p+2. The number of ketones is 2. The molecule has 0 saturated carbocycles. The van der Waals surface area contributed by atoms with Gasteiger partial charge in [-0.05, 0) is 60.7 Å². The Bertz CT molecular complexity index is 2910. The van der Waals surface area contributed by atoms with Crippen LogP contribution < -0.4 is 18.6 Å². The molecule has 0 aliphatic carbocycles. The molecule has 8 heterocycles. The topological polar surface area (TPSA) is 150 Å². The molecule has 0 bridgehead atoms. The number of H-pyrrole nitrogens is 4. The third-order valence-corrected chi connectivity index (χ3v) is 12.0. The summed E-state index contributed by atoms with van der Waals surface area (Å²) in [6.45, 7) is 0. The smallest absolute Gasteiger partial charge is 0.354 e. The summed E-state index contributed by atoms with van der Waals surface area (Å²) in [4.78, 5) is 51.6. The number of pyridine rings is 2. The van der Waals surface area contributed by atoms with Crippen LogP contribution in [0.25, 0.3) is 43.6 Å². The van der Waals surface area contributed by atoms with Crippen molar-refractivity contribution in [3.63, 3.8) is 0 Å². The Morgan fingerprint density at radius 3 is 1.66 bits per heavy atom. The Hall–Kier alpha value is -6.11. The van der Waals surface area contributed by atoms with E-state index >= 15 is 0 Å². The van der Waals surface area contributed by atoms with Gasteiger partial charge in [-0.15, -0.1) is 23.2 Å². The van der Waals surface area contributed by atoms with Crippen LogP contribution in [0.3, 0.4) is 0 Å². The van der Waals surface area contributed by atoms with Crippen molar-refractivity contribution >= 4 is 84.3 Å². The Morgan fingerprint density at radius 2 is 1.12 bits per heavy atom. The van der Waals surface area contributed by atoms with Gasteiger partial charge in [0.2, 0.25) is 23.7 Å². The number of aromatic nitrogens is 6. The van der Waals surface area contributed by atoms with E-state index in [1.807, 2.05) is 89.9 Å². The molecular formula is C44H40Cl2N6O6+2. The fourth-order valence-electron chi connectivity index (χ4n) is 8.48. The number of hydrogen-bond acceptors (Lipinski definition) is 6. The summed E-state index contributed by atoms with van der Waals surface area (Å²) >= 11 is 13.1. The Morgan fingerprint density at radius 1 is 0.603 bits per heavy atom. The van der Waals surface area contributed by atoms with Crippen LogP contribution in [0.4, 0.5) is 0 Å². The average Bonchev–Trinajstić information content (AvgIpc) is 4.07. The van der Waals surface area contributed by atoms with E-state index < -0.39 is 12.0 Å². The van der Waals surface area contributed by atoms with Crippen LogP contribution in [-0.4, -0.2) is 69.6 Å². The normalized spacial score (nSPS) is 18.7. The summed E-state index contributed by atoms with van der Waals surface area (Å²) in [6.07, 6.45) is 8.29. The van der Waals surface area contributed by atoms with Crippen molar-refractivity contribution in [2.75, 3.05) is 21.3 Å². The first-order chi connectivity index (χ1) is 28.1. The molecular weight excluding hydrogens is 779 g/mol. The second-order valence-corrected chi connectivity index (χ2v) is 16.0. The zero-order valence-electron chi connectivity index (χ0n) is 31.9. The predicted octanol–water partition coefficient (Wildman–Crippen LogP) is 7.63. The van der Waals surface area contributed by atoms with Crippen molar-refractivity contribution in [1.29, 1.82) is 0 Å². The molecule has 12 nitrogen and oxygen atoms in total. The van der Waals surface area contributed by atoms with E-state index in [9.17, 15) is 14.4 Å². The fraction of sp³-hybridized carbons (Fsp3) is 0.250. The van der Waals surface area contributed by atoms with Crippen LogP contribution in [0.2, 0.25) is 0 Å². The summed E-state index contributed by atoms with van der Waals surface area (Å²) in [5, 5.41) is 3.61. The Balaban J connectivity index is 0.000000152. The number of aromatic amines is 4. The number of hydrogen-bond donors (Lipinski definition) is 4. The zero-order chi connectivity index (χ0) is 40.2. The number of methoxy groups -OCH3 is 3. The second kappa shape index (κ2) is 15.0. The minimum absolute atomic E-state index is 0.0326. The average molecular weight is 820 g/mol. The molecule has 10 rings (SSSR count). The second-order valence-electron chi connectivity index (χ2n) is 14.8. The molecule has 0 spiro atoms. The number of esters is 1. The van der Waals surface area contributed by atoms with E-state index in [-0.39, 0.29) is 28.4 Å². The highest BCUT2D eigenvalue weighted by atomic mass is 35.5. The number of halogens is 2. The number of nitrogens with zero attached hydrogens (tertiary/aromatic N) is 2. The van der Waals surface area contributed by atoms with Crippen molar-refractivity contribution in [2.24, 2.45) is 0 Å². The number of Topliss-reactive ketones (excluding diaryl/α,β-unsaturated/α-hetero) is 2. The van der Waals surface area contributed by atoms with E-state index in [1.165, 1.54) is 7.11 Å². The molecule has 6 aromatic heterocycles. The molecule has 4 atom stereocenters. The fourth-order valence-corrected chi connectivity index (χ4v) is 9.11. The molecule has 0 fully saturated rings. The third kappa shape index (κ3) is 6.65.